The highest BCUT2D eigenvalue weighted by atomic mass is 32.2. The molecule has 1 aliphatic heterocycles. The average Bonchev–Trinajstić information content (AvgIpc) is 2.97. The molecule has 1 fully saturated rings. The van der Waals surface area contributed by atoms with Crippen LogP contribution < -0.4 is 5.32 Å². The van der Waals surface area contributed by atoms with Crippen LogP contribution in [0.4, 0.5) is 0 Å². The third-order valence-corrected chi connectivity index (χ3v) is 5.71. The summed E-state index contributed by atoms with van der Waals surface area (Å²) < 4.78 is 18.2. The summed E-state index contributed by atoms with van der Waals surface area (Å²) in [5.41, 5.74) is 2.35. The van der Waals surface area contributed by atoms with E-state index in [2.05, 4.69) is 25.2 Å². The van der Waals surface area contributed by atoms with Crippen molar-refractivity contribution in [2.24, 2.45) is 5.92 Å². The van der Waals surface area contributed by atoms with Crippen LogP contribution in [0, 0.1) is 19.8 Å². The van der Waals surface area contributed by atoms with Gasteiger partial charge in [-0.25, -0.2) is 0 Å². The van der Waals surface area contributed by atoms with Crippen LogP contribution in [0.2, 0.25) is 0 Å². The van der Waals surface area contributed by atoms with Gasteiger partial charge in [-0.05, 0) is 44.9 Å². The minimum atomic E-state index is -0.951. The maximum Gasteiger partial charge on any atom is 0.0548 e. The molecule has 1 aromatic rings. The van der Waals surface area contributed by atoms with E-state index in [1.807, 2.05) is 19.1 Å². The molecule has 1 heterocycles. The fourth-order valence-electron chi connectivity index (χ4n) is 2.87. The van der Waals surface area contributed by atoms with E-state index in [1.54, 1.807) is 0 Å². The molecule has 4 heteroatoms. The number of hydrogen-bond acceptors (Lipinski definition) is 3. The van der Waals surface area contributed by atoms with E-state index in [0.717, 1.165) is 43.1 Å². The van der Waals surface area contributed by atoms with Crippen molar-refractivity contribution in [1.82, 2.24) is 5.32 Å². The summed E-state index contributed by atoms with van der Waals surface area (Å²) in [7, 11) is -0.951. The van der Waals surface area contributed by atoms with E-state index in [1.165, 1.54) is 5.56 Å². The minimum absolute atomic E-state index is 0.286. The van der Waals surface area contributed by atoms with E-state index in [4.69, 9.17) is 4.74 Å². The van der Waals surface area contributed by atoms with Gasteiger partial charge >= 0.3 is 0 Å². The van der Waals surface area contributed by atoms with Crippen molar-refractivity contribution in [3.8, 4) is 0 Å². The van der Waals surface area contributed by atoms with Gasteiger partial charge in [-0.15, -0.1) is 0 Å². The number of hydrogen-bond donors (Lipinski definition) is 1. The molecule has 0 aliphatic carbocycles. The van der Waals surface area contributed by atoms with E-state index < -0.39 is 10.8 Å². The summed E-state index contributed by atoms with van der Waals surface area (Å²) in [5, 5.41) is 3.57. The Hall–Kier alpha value is -0.710. The highest BCUT2D eigenvalue weighted by Crippen LogP contribution is 2.21. The lowest BCUT2D eigenvalue weighted by Crippen LogP contribution is -2.41. The fourth-order valence-corrected chi connectivity index (χ4v) is 4.40. The third kappa shape index (κ3) is 4.63. The lowest BCUT2D eigenvalue weighted by molar-refractivity contribution is 0.179. The number of nitrogens with one attached hydrogen (secondary N) is 1. The Labute approximate surface area is 130 Å². The van der Waals surface area contributed by atoms with Crippen LogP contribution in [0.15, 0.2) is 23.1 Å². The smallest absolute Gasteiger partial charge is 0.0548 e. The quantitative estimate of drug-likeness (QED) is 0.842. The summed E-state index contributed by atoms with van der Waals surface area (Å²) >= 11 is 0. The van der Waals surface area contributed by atoms with Gasteiger partial charge in [0.15, 0.2) is 0 Å². The predicted octanol–water partition coefficient (Wildman–Crippen LogP) is 2.82. The van der Waals surface area contributed by atoms with Crippen LogP contribution in [0.1, 0.15) is 30.9 Å². The molecule has 0 spiro atoms. The van der Waals surface area contributed by atoms with Crippen LogP contribution in [0.25, 0.3) is 0 Å². The highest BCUT2D eigenvalue weighted by molar-refractivity contribution is 7.85. The van der Waals surface area contributed by atoms with Gasteiger partial charge in [0.2, 0.25) is 0 Å². The van der Waals surface area contributed by atoms with Crippen molar-refractivity contribution in [2.75, 3.05) is 25.5 Å². The summed E-state index contributed by atoms with van der Waals surface area (Å²) in [6.45, 7) is 8.90. The summed E-state index contributed by atoms with van der Waals surface area (Å²) in [5.74, 6) is 1.17. The van der Waals surface area contributed by atoms with Gasteiger partial charge in [-0.1, -0.05) is 24.6 Å². The normalized spacial score (nSPS) is 21.4. The van der Waals surface area contributed by atoms with Crippen LogP contribution in [-0.4, -0.2) is 35.8 Å². The summed E-state index contributed by atoms with van der Waals surface area (Å²) in [6.07, 6.45) is 2.17. The number of aryl methyl sites for hydroxylation is 2. The Balaban J connectivity index is 2.05. The van der Waals surface area contributed by atoms with Crippen LogP contribution >= 0.6 is 0 Å². The van der Waals surface area contributed by atoms with Crippen molar-refractivity contribution < 1.29 is 8.95 Å². The first kappa shape index (κ1) is 16.7. The lowest BCUT2D eigenvalue weighted by atomic mass is 10.0. The topological polar surface area (TPSA) is 38.3 Å². The van der Waals surface area contributed by atoms with E-state index in [-0.39, 0.29) is 6.04 Å². The second kappa shape index (κ2) is 8.06. The molecule has 118 valence electrons. The Kier molecular flexibility index (Phi) is 6.40. The molecule has 0 amide bonds. The first-order valence-electron chi connectivity index (χ1n) is 7.88. The van der Waals surface area contributed by atoms with Crippen LogP contribution in [-0.2, 0) is 15.5 Å². The fraction of sp³-hybridized carbons (Fsp3) is 0.647. The highest BCUT2D eigenvalue weighted by Gasteiger charge is 2.27. The Morgan fingerprint density at radius 1 is 1.43 bits per heavy atom. The van der Waals surface area contributed by atoms with Crippen molar-refractivity contribution in [1.29, 1.82) is 0 Å². The van der Waals surface area contributed by atoms with Crippen molar-refractivity contribution in [2.45, 2.75) is 44.6 Å². The first-order valence-corrected chi connectivity index (χ1v) is 9.20. The third-order valence-electron chi connectivity index (χ3n) is 4.10. The van der Waals surface area contributed by atoms with Crippen LogP contribution in [0.3, 0.4) is 0 Å². The molecule has 3 nitrogen and oxygen atoms in total. The molecule has 1 aromatic carbocycles. The van der Waals surface area contributed by atoms with E-state index in [0.29, 0.717) is 11.7 Å². The van der Waals surface area contributed by atoms with E-state index >= 15 is 0 Å². The molecule has 0 saturated carbocycles. The van der Waals surface area contributed by atoms with Crippen molar-refractivity contribution in [3.05, 3.63) is 29.3 Å². The molecule has 0 aromatic heterocycles. The molecule has 3 unspecified atom stereocenters. The molecule has 1 aliphatic rings. The molecule has 0 radical (unpaired) electrons. The van der Waals surface area contributed by atoms with Gasteiger partial charge in [0.1, 0.15) is 0 Å². The maximum absolute atomic E-state index is 12.7. The monoisotopic (exact) mass is 309 g/mol. The number of rotatable bonds is 7. The largest absolute Gasteiger partial charge is 0.381 e. The van der Waals surface area contributed by atoms with Gasteiger partial charge in [-0.3, -0.25) is 4.21 Å². The van der Waals surface area contributed by atoms with Crippen LogP contribution in [0.5, 0.6) is 0 Å². The standard InChI is InChI=1S/C17H27NO2S/c1-4-8-18-16(15-7-9-20-11-15)12-21(19)17-6-5-13(2)10-14(17)3/h5-6,10,15-16,18H,4,7-9,11-12H2,1-3H3. The second-order valence-corrected chi connectivity index (χ2v) is 7.43. The van der Waals surface area contributed by atoms with E-state index in [9.17, 15) is 4.21 Å². The summed E-state index contributed by atoms with van der Waals surface area (Å²) in [6, 6.07) is 6.46. The van der Waals surface area contributed by atoms with Gasteiger partial charge < -0.3 is 10.1 Å². The maximum atomic E-state index is 12.7. The molecule has 21 heavy (non-hydrogen) atoms. The molecular formula is C17H27NO2S. The minimum Gasteiger partial charge on any atom is -0.381 e. The summed E-state index contributed by atoms with van der Waals surface area (Å²) in [4.78, 5) is 0.975. The van der Waals surface area contributed by atoms with Gasteiger partial charge in [-0.2, -0.15) is 0 Å². The average molecular weight is 309 g/mol. The van der Waals surface area contributed by atoms with Crippen molar-refractivity contribution >= 4 is 10.8 Å². The molecular weight excluding hydrogens is 282 g/mol. The Bertz CT molecular complexity index is 484. The second-order valence-electron chi connectivity index (χ2n) is 5.97. The zero-order valence-electron chi connectivity index (χ0n) is 13.4. The molecule has 3 atom stereocenters. The molecule has 1 N–H and O–H groups in total. The van der Waals surface area contributed by atoms with Gasteiger partial charge in [0, 0.05) is 29.2 Å². The zero-order valence-corrected chi connectivity index (χ0v) is 14.2. The number of ether oxygens (including phenoxy) is 1. The SMILES string of the molecule is CCCNC(CS(=O)c1ccc(C)cc1C)C1CCOC1. The molecule has 0 bridgehead atoms. The Morgan fingerprint density at radius 3 is 2.86 bits per heavy atom. The van der Waals surface area contributed by atoms with Gasteiger partial charge in [0.25, 0.3) is 0 Å². The molecule has 2 rings (SSSR count). The van der Waals surface area contributed by atoms with Gasteiger partial charge in [0.05, 0.1) is 17.4 Å². The zero-order chi connectivity index (χ0) is 15.2. The number of benzene rings is 1. The predicted molar refractivity (Wildman–Crippen MR) is 88.2 cm³/mol. The lowest BCUT2D eigenvalue weighted by Gasteiger charge is -2.23. The van der Waals surface area contributed by atoms with Crippen molar-refractivity contribution in [3.63, 3.8) is 0 Å². The molecule has 1 saturated heterocycles. The first-order chi connectivity index (χ1) is 10.1. The Morgan fingerprint density at radius 2 is 2.24 bits per heavy atom.